The lowest BCUT2D eigenvalue weighted by Gasteiger charge is -2.31. The first-order valence-electron chi connectivity index (χ1n) is 5.59. The molecule has 0 bridgehead atoms. The summed E-state index contributed by atoms with van der Waals surface area (Å²) in [4.78, 5) is 0. The van der Waals surface area contributed by atoms with Crippen molar-refractivity contribution in [2.75, 3.05) is 0 Å². The summed E-state index contributed by atoms with van der Waals surface area (Å²) in [5, 5.41) is 10.6. The molecule has 0 amide bonds. The molecule has 1 aromatic carbocycles. The van der Waals surface area contributed by atoms with E-state index in [1.807, 2.05) is 0 Å². The molecule has 0 fully saturated rings. The van der Waals surface area contributed by atoms with Gasteiger partial charge in [-0.15, -0.1) is 0 Å². The standard InChI is InChI=1S/C12H9ClF7NO/c1-5-3-7(4-6(2)8(5)9(13)21-22)10(14,11(15,16)17)12(18,19)20/h3-4,22H,1-2H3. The van der Waals surface area contributed by atoms with E-state index < -0.39 is 28.8 Å². The maximum atomic E-state index is 13.9. The Balaban J connectivity index is 3.69. The molecule has 22 heavy (non-hydrogen) atoms. The summed E-state index contributed by atoms with van der Waals surface area (Å²) in [6.07, 6.45) is -12.4. The zero-order chi connectivity index (χ0) is 17.5. The Morgan fingerprint density at radius 2 is 1.32 bits per heavy atom. The Hall–Kier alpha value is -1.51. The third kappa shape index (κ3) is 2.86. The number of benzene rings is 1. The van der Waals surface area contributed by atoms with Gasteiger partial charge in [0.05, 0.1) is 0 Å². The molecule has 0 atom stereocenters. The van der Waals surface area contributed by atoms with Crippen LogP contribution in [0.4, 0.5) is 30.7 Å². The van der Waals surface area contributed by atoms with Crippen molar-refractivity contribution in [3.05, 3.63) is 34.4 Å². The molecule has 10 heteroatoms. The Morgan fingerprint density at radius 3 is 1.59 bits per heavy atom. The van der Waals surface area contributed by atoms with Crippen molar-refractivity contribution >= 4 is 16.8 Å². The molecule has 0 aliphatic carbocycles. The average molecular weight is 352 g/mol. The second-order valence-corrected chi connectivity index (χ2v) is 4.89. The van der Waals surface area contributed by atoms with Crippen molar-refractivity contribution in [3.63, 3.8) is 0 Å². The molecule has 0 spiro atoms. The summed E-state index contributed by atoms with van der Waals surface area (Å²) in [5.41, 5.74) is -7.62. The maximum absolute atomic E-state index is 13.9. The highest BCUT2D eigenvalue weighted by Gasteiger charge is 2.73. The van der Waals surface area contributed by atoms with Crippen molar-refractivity contribution in [2.45, 2.75) is 31.9 Å². The van der Waals surface area contributed by atoms with Crippen LogP contribution in [0.2, 0.25) is 0 Å². The van der Waals surface area contributed by atoms with E-state index in [9.17, 15) is 30.7 Å². The van der Waals surface area contributed by atoms with Crippen molar-refractivity contribution in [1.82, 2.24) is 0 Å². The van der Waals surface area contributed by atoms with Crippen LogP contribution in [0.15, 0.2) is 17.3 Å². The predicted octanol–water partition coefficient (Wildman–Crippen LogP) is 4.97. The lowest BCUT2D eigenvalue weighted by molar-refractivity contribution is -0.348. The van der Waals surface area contributed by atoms with Crippen LogP contribution in [0.25, 0.3) is 0 Å². The zero-order valence-corrected chi connectivity index (χ0v) is 11.8. The van der Waals surface area contributed by atoms with Gasteiger partial charge in [0.2, 0.25) is 0 Å². The Bertz CT molecular complexity index is 569. The zero-order valence-electron chi connectivity index (χ0n) is 11.1. The SMILES string of the molecule is Cc1cc(C(F)(C(F)(F)F)C(F)(F)F)cc(C)c1C(Cl)=NO. The largest absolute Gasteiger partial charge is 0.435 e. The van der Waals surface area contributed by atoms with Crippen molar-refractivity contribution in [3.8, 4) is 0 Å². The fourth-order valence-corrected chi connectivity index (χ4v) is 2.32. The van der Waals surface area contributed by atoms with Crippen LogP contribution in [-0.4, -0.2) is 22.7 Å². The second-order valence-electron chi connectivity index (χ2n) is 4.53. The maximum Gasteiger partial charge on any atom is 0.435 e. The number of alkyl halides is 7. The summed E-state index contributed by atoms with van der Waals surface area (Å²) in [6.45, 7) is 2.24. The van der Waals surface area contributed by atoms with Gasteiger partial charge in [0.25, 0.3) is 0 Å². The van der Waals surface area contributed by atoms with E-state index >= 15 is 0 Å². The topological polar surface area (TPSA) is 32.6 Å². The highest BCUT2D eigenvalue weighted by molar-refractivity contribution is 6.69. The van der Waals surface area contributed by atoms with Gasteiger partial charge >= 0.3 is 18.0 Å². The van der Waals surface area contributed by atoms with Crippen molar-refractivity contribution in [2.24, 2.45) is 5.16 Å². The molecule has 0 aromatic heterocycles. The third-order valence-corrected chi connectivity index (χ3v) is 3.27. The number of nitrogens with zero attached hydrogens (tertiary/aromatic N) is 1. The van der Waals surface area contributed by atoms with E-state index in [-0.39, 0.29) is 16.7 Å². The molecule has 0 saturated heterocycles. The van der Waals surface area contributed by atoms with Gasteiger partial charge in [-0.05, 0) is 25.0 Å². The van der Waals surface area contributed by atoms with Gasteiger partial charge in [0.15, 0.2) is 5.17 Å². The van der Waals surface area contributed by atoms with Gasteiger partial charge < -0.3 is 5.21 Å². The molecule has 0 aliphatic rings. The molecule has 0 unspecified atom stereocenters. The number of hydrogen-bond acceptors (Lipinski definition) is 2. The molecular weight excluding hydrogens is 343 g/mol. The van der Waals surface area contributed by atoms with Crippen LogP contribution in [-0.2, 0) is 5.67 Å². The van der Waals surface area contributed by atoms with Crippen LogP contribution in [0.5, 0.6) is 0 Å². The first-order valence-corrected chi connectivity index (χ1v) is 5.97. The van der Waals surface area contributed by atoms with Gasteiger partial charge in [-0.2, -0.15) is 26.3 Å². The molecule has 1 rings (SSSR count). The molecule has 2 nitrogen and oxygen atoms in total. The molecular formula is C12H9ClF7NO. The van der Waals surface area contributed by atoms with E-state index in [0.717, 1.165) is 13.8 Å². The Morgan fingerprint density at radius 1 is 0.955 bits per heavy atom. The molecule has 0 saturated carbocycles. The first kappa shape index (κ1) is 18.5. The van der Waals surface area contributed by atoms with E-state index in [1.165, 1.54) is 0 Å². The first-order chi connectivity index (χ1) is 9.77. The summed E-state index contributed by atoms with van der Waals surface area (Å²) in [5.74, 6) is 0. The number of hydrogen-bond donors (Lipinski definition) is 1. The summed E-state index contributed by atoms with van der Waals surface area (Å²) in [7, 11) is 0. The fraction of sp³-hybridized carbons (Fsp3) is 0.417. The molecule has 0 heterocycles. The van der Waals surface area contributed by atoms with Crippen LogP contribution in [0.1, 0.15) is 22.3 Å². The minimum Gasteiger partial charge on any atom is -0.410 e. The molecule has 0 aliphatic heterocycles. The van der Waals surface area contributed by atoms with Crippen LogP contribution >= 0.6 is 11.6 Å². The quantitative estimate of drug-likeness (QED) is 0.347. The third-order valence-electron chi connectivity index (χ3n) is 3.01. The normalized spacial score (nSPS) is 14.4. The highest BCUT2D eigenvalue weighted by Crippen LogP contribution is 2.53. The minimum atomic E-state index is -6.19. The van der Waals surface area contributed by atoms with Crippen molar-refractivity contribution < 1.29 is 35.9 Å². The number of halogens is 8. The average Bonchev–Trinajstić information content (AvgIpc) is 2.33. The van der Waals surface area contributed by atoms with Gasteiger partial charge in [-0.3, -0.25) is 0 Å². The monoisotopic (exact) mass is 351 g/mol. The van der Waals surface area contributed by atoms with E-state index in [0.29, 0.717) is 12.1 Å². The summed E-state index contributed by atoms with van der Waals surface area (Å²) in [6, 6.07) is 0.744. The van der Waals surface area contributed by atoms with Gasteiger partial charge in [-0.1, -0.05) is 28.9 Å². The minimum absolute atomic E-state index is 0.0837. The fourth-order valence-electron chi connectivity index (χ4n) is 2.03. The number of oxime groups is 1. The molecule has 0 radical (unpaired) electrons. The molecule has 1 N–H and O–H groups in total. The van der Waals surface area contributed by atoms with E-state index in [4.69, 9.17) is 16.8 Å². The molecule has 1 aromatic rings. The lowest BCUT2D eigenvalue weighted by Crippen LogP contribution is -2.50. The number of aryl methyl sites for hydroxylation is 2. The Labute approximate surface area is 125 Å². The summed E-state index contributed by atoms with van der Waals surface area (Å²) < 4.78 is 90.1. The summed E-state index contributed by atoms with van der Waals surface area (Å²) >= 11 is 5.51. The van der Waals surface area contributed by atoms with Crippen LogP contribution < -0.4 is 0 Å². The van der Waals surface area contributed by atoms with Crippen LogP contribution in [0.3, 0.4) is 0 Å². The smallest absolute Gasteiger partial charge is 0.410 e. The second kappa shape index (κ2) is 5.60. The van der Waals surface area contributed by atoms with E-state index in [1.54, 1.807) is 0 Å². The predicted molar refractivity (Wildman–Crippen MR) is 65.0 cm³/mol. The molecule has 124 valence electrons. The van der Waals surface area contributed by atoms with Gasteiger partial charge in [0.1, 0.15) is 0 Å². The lowest BCUT2D eigenvalue weighted by atomic mass is 9.89. The van der Waals surface area contributed by atoms with Gasteiger partial charge in [0, 0.05) is 11.1 Å². The van der Waals surface area contributed by atoms with E-state index in [2.05, 4.69) is 5.16 Å². The van der Waals surface area contributed by atoms with Crippen molar-refractivity contribution in [1.29, 1.82) is 0 Å². The number of rotatable bonds is 2. The van der Waals surface area contributed by atoms with Gasteiger partial charge in [-0.25, -0.2) is 4.39 Å². The van der Waals surface area contributed by atoms with Crippen LogP contribution in [0, 0.1) is 13.8 Å². The Kier molecular flexibility index (Phi) is 4.72. The highest BCUT2D eigenvalue weighted by atomic mass is 35.5.